The van der Waals surface area contributed by atoms with Gasteiger partial charge in [-0.25, -0.2) is 8.42 Å². The smallest absolute Gasteiger partial charge is 0.241 e. The number of hydrogen-bond acceptors (Lipinski definition) is 4. The molecule has 6 nitrogen and oxygen atoms in total. The quantitative estimate of drug-likeness (QED) is 0.698. The summed E-state index contributed by atoms with van der Waals surface area (Å²) in [5.74, 6) is 0.195. The summed E-state index contributed by atoms with van der Waals surface area (Å²) in [5, 5.41) is 0.193. The van der Waals surface area contributed by atoms with Gasteiger partial charge in [0.2, 0.25) is 15.9 Å². The number of nitrogens with one attached hydrogen (secondary N) is 1. The van der Waals surface area contributed by atoms with Gasteiger partial charge in [-0.15, -0.1) is 0 Å². The average molecular weight is 451 g/mol. The van der Waals surface area contributed by atoms with Gasteiger partial charge in [0.05, 0.1) is 17.0 Å². The zero-order chi connectivity index (χ0) is 21.6. The van der Waals surface area contributed by atoms with Crippen molar-refractivity contribution in [3.63, 3.8) is 0 Å². The first kappa shape index (κ1) is 22.6. The summed E-state index contributed by atoms with van der Waals surface area (Å²) in [6.07, 6.45) is 4.32. The molecule has 0 aromatic heterocycles. The lowest BCUT2D eigenvalue weighted by molar-refractivity contribution is -0.132. The predicted molar refractivity (Wildman–Crippen MR) is 117 cm³/mol. The van der Waals surface area contributed by atoms with Crippen LogP contribution in [0.3, 0.4) is 0 Å². The minimum atomic E-state index is -3.96. The maximum absolute atomic E-state index is 13.3. The topological polar surface area (TPSA) is 75.7 Å². The Morgan fingerprint density at radius 1 is 1.10 bits per heavy atom. The van der Waals surface area contributed by atoms with E-state index in [4.69, 9.17) is 16.3 Å². The second kappa shape index (κ2) is 10.3. The minimum absolute atomic E-state index is 0.00460. The molecule has 0 aliphatic carbocycles. The lowest BCUT2D eigenvalue weighted by Gasteiger charge is -2.27. The highest BCUT2D eigenvalue weighted by Gasteiger charge is 2.30. The van der Waals surface area contributed by atoms with E-state index in [2.05, 4.69) is 4.72 Å². The molecule has 1 heterocycles. The molecule has 1 atom stereocenters. The molecule has 1 fully saturated rings. The van der Waals surface area contributed by atoms with E-state index in [-0.39, 0.29) is 22.2 Å². The molecule has 1 aliphatic rings. The van der Waals surface area contributed by atoms with Crippen molar-refractivity contribution in [3.8, 4) is 5.75 Å². The predicted octanol–water partition coefficient (Wildman–Crippen LogP) is 3.64. The fourth-order valence-electron chi connectivity index (χ4n) is 3.61. The van der Waals surface area contributed by atoms with Gasteiger partial charge in [0, 0.05) is 13.1 Å². The van der Waals surface area contributed by atoms with Gasteiger partial charge in [0.15, 0.2) is 0 Å². The van der Waals surface area contributed by atoms with Gasteiger partial charge < -0.3 is 9.64 Å². The third-order valence-corrected chi connectivity index (χ3v) is 6.99. The van der Waals surface area contributed by atoms with E-state index >= 15 is 0 Å². The van der Waals surface area contributed by atoms with Crippen molar-refractivity contribution >= 4 is 27.5 Å². The van der Waals surface area contributed by atoms with Crippen molar-refractivity contribution in [3.05, 3.63) is 59.1 Å². The zero-order valence-corrected chi connectivity index (χ0v) is 18.6. The molecule has 0 spiro atoms. The van der Waals surface area contributed by atoms with Gasteiger partial charge in [-0.3, -0.25) is 4.79 Å². The van der Waals surface area contributed by atoms with Crippen molar-refractivity contribution in [1.82, 2.24) is 9.62 Å². The summed E-state index contributed by atoms with van der Waals surface area (Å²) in [6, 6.07) is 12.8. The lowest BCUT2D eigenvalue weighted by Crippen LogP contribution is -2.49. The van der Waals surface area contributed by atoms with E-state index in [1.54, 1.807) is 4.90 Å². The number of methoxy groups -OCH3 is 1. The fraction of sp³-hybridized carbons (Fsp3) is 0.409. The number of amides is 1. The summed E-state index contributed by atoms with van der Waals surface area (Å²) in [6.45, 7) is 1.31. The Kier molecular flexibility index (Phi) is 7.75. The standard InChI is InChI=1S/C22H27ClN2O4S/c1-29-21-12-11-18(16-19(21)23)30(27,28)24-20(15-17-9-5-4-6-10-17)22(26)25-13-7-2-3-8-14-25/h4-6,9-12,16,20,24H,2-3,7-8,13-15H2,1H3. The van der Waals surface area contributed by atoms with Gasteiger partial charge in [-0.2, -0.15) is 4.72 Å². The Morgan fingerprint density at radius 2 is 1.77 bits per heavy atom. The third kappa shape index (κ3) is 5.74. The molecule has 1 amide bonds. The van der Waals surface area contributed by atoms with E-state index in [0.717, 1.165) is 31.2 Å². The number of halogens is 1. The first-order valence-corrected chi connectivity index (χ1v) is 12.0. The highest BCUT2D eigenvalue weighted by Crippen LogP contribution is 2.27. The summed E-state index contributed by atoms with van der Waals surface area (Å²) in [5.41, 5.74) is 0.890. The molecule has 3 rings (SSSR count). The van der Waals surface area contributed by atoms with Crippen LogP contribution in [0, 0.1) is 0 Å². The number of carbonyl (C=O) groups is 1. The van der Waals surface area contributed by atoms with Crippen LogP contribution in [0.4, 0.5) is 0 Å². The maximum atomic E-state index is 13.3. The largest absolute Gasteiger partial charge is 0.495 e. The van der Waals surface area contributed by atoms with Gasteiger partial charge in [-0.1, -0.05) is 54.8 Å². The number of ether oxygens (including phenoxy) is 1. The molecule has 0 saturated carbocycles. The van der Waals surface area contributed by atoms with Crippen LogP contribution < -0.4 is 9.46 Å². The van der Waals surface area contributed by atoms with Crippen LogP contribution in [-0.2, 0) is 21.2 Å². The number of nitrogens with zero attached hydrogens (tertiary/aromatic N) is 1. The van der Waals surface area contributed by atoms with Gasteiger partial charge in [-0.05, 0) is 43.0 Å². The summed E-state index contributed by atoms with van der Waals surface area (Å²) >= 11 is 6.11. The Morgan fingerprint density at radius 3 is 2.37 bits per heavy atom. The molecule has 1 saturated heterocycles. The van der Waals surface area contributed by atoms with Gasteiger partial charge in [0.1, 0.15) is 11.8 Å². The molecule has 1 aliphatic heterocycles. The highest BCUT2D eigenvalue weighted by molar-refractivity contribution is 7.89. The number of hydrogen-bond donors (Lipinski definition) is 1. The number of likely N-dealkylation sites (tertiary alicyclic amines) is 1. The van der Waals surface area contributed by atoms with Gasteiger partial charge in [0.25, 0.3) is 0 Å². The number of rotatable bonds is 7. The SMILES string of the molecule is COc1ccc(S(=O)(=O)NC(Cc2ccccc2)C(=O)N2CCCCCC2)cc1Cl. The van der Waals surface area contributed by atoms with E-state index in [0.29, 0.717) is 18.8 Å². The molecular weight excluding hydrogens is 424 g/mol. The van der Waals surface area contributed by atoms with Crippen molar-refractivity contribution in [2.75, 3.05) is 20.2 Å². The van der Waals surface area contributed by atoms with Crippen LogP contribution in [0.15, 0.2) is 53.4 Å². The molecule has 8 heteroatoms. The second-order valence-corrected chi connectivity index (χ2v) is 9.52. The third-order valence-electron chi connectivity index (χ3n) is 5.23. The Bertz CT molecular complexity index is 958. The summed E-state index contributed by atoms with van der Waals surface area (Å²) in [4.78, 5) is 15.1. The molecule has 2 aromatic carbocycles. The highest BCUT2D eigenvalue weighted by atomic mass is 35.5. The molecular formula is C22H27ClN2O4S. The first-order valence-electron chi connectivity index (χ1n) is 10.1. The molecule has 0 bridgehead atoms. The van der Waals surface area contributed by atoms with Crippen LogP contribution in [0.5, 0.6) is 5.75 Å². The monoisotopic (exact) mass is 450 g/mol. The van der Waals surface area contributed by atoms with E-state index < -0.39 is 16.1 Å². The molecule has 1 unspecified atom stereocenters. The van der Waals surface area contributed by atoms with E-state index in [1.165, 1.54) is 25.3 Å². The zero-order valence-electron chi connectivity index (χ0n) is 17.0. The normalized spacial score (nSPS) is 16.0. The van der Waals surface area contributed by atoms with Gasteiger partial charge >= 0.3 is 0 Å². The van der Waals surface area contributed by atoms with E-state index in [9.17, 15) is 13.2 Å². The van der Waals surface area contributed by atoms with E-state index in [1.807, 2.05) is 30.3 Å². The van der Waals surface area contributed by atoms with Crippen molar-refractivity contribution in [2.45, 2.75) is 43.0 Å². The Hall–Kier alpha value is -2.09. The minimum Gasteiger partial charge on any atom is -0.495 e. The van der Waals surface area contributed by atoms with Crippen LogP contribution >= 0.6 is 11.6 Å². The second-order valence-electron chi connectivity index (χ2n) is 7.40. The van der Waals surface area contributed by atoms with Crippen molar-refractivity contribution in [2.24, 2.45) is 0 Å². The Labute approximate surface area is 183 Å². The van der Waals surface area contributed by atoms with Crippen LogP contribution in [0.2, 0.25) is 5.02 Å². The maximum Gasteiger partial charge on any atom is 0.241 e. The molecule has 1 N–H and O–H groups in total. The average Bonchev–Trinajstić information content (AvgIpc) is 3.03. The van der Waals surface area contributed by atoms with Crippen LogP contribution in [0.1, 0.15) is 31.2 Å². The van der Waals surface area contributed by atoms with Crippen molar-refractivity contribution in [1.29, 1.82) is 0 Å². The molecule has 2 aromatic rings. The first-order chi connectivity index (χ1) is 14.4. The van der Waals surface area contributed by atoms with Crippen LogP contribution in [-0.4, -0.2) is 45.5 Å². The summed E-state index contributed by atoms with van der Waals surface area (Å²) in [7, 11) is -2.50. The number of sulfonamides is 1. The van der Waals surface area contributed by atoms with Crippen molar-refractivity contribution < 1.29 is 17.9 Å². The lowest BCUT2D eigenvalue weighted by atomic mass is 10.1. The molecule has 0 radical (unpaired) electrons. The number of benzene rings is 2. The fourth-order valence-corrected chi connectivity index (χ4v) is 5.15. The number of carbonyl (C=O) groups excluding carboxylic acids is 1. The Balaban J connectivity index is 1.86. The summed E-state index contributed by atoms with van der Waals surface area (Å²) < 4.78 is 33.8. The molecule has 30 heavy (non-hydrogen) atoms. The molecule has 162 valence electrons. The van der Waals surface area contributed by atoms with Crippen LogP contribution in [0.25, 0.3) is 0 Å².